The number of halogens is 2. The standard InChI is InChI=1S/C16H18F2N2O4/c1-9-4-5-14(24-9)13(8-22-2)20-16(21)19-10-6-11(17)15(23-3)12(18)7-10/h4-7,13H,8H2,1-3H3,(H2,19,20,21)/t13-/m0/s1. The van der Waals surface area contributed by atoms with Crippen LogP contribution in [0, 0.1) is 18.6 Å². The van der Waals surface area contributed by atoms with E-state index in [0.717, 1.165) is 19.2 Å². The number of methoxy groups -OCH3 is 2. The first-order chi connectivity index (χ1) is 11.4. The van der Waals surface area contributed by atoms with Gasteiger partial charge in [-0.2, -0.15) is 0 Å². The molecule has 0 bridgehead atoms. The van der Waals surface area contributed by atoms with Crippen LogP contribution in [0.2, 0.25) is 0 Å². The maximum Gasteiger partial charge on any atom is 0.319 e. The van der Waals surface area contributed by atoms with Crippen LogP contribution in [0.25, 0.3) is 0 Å². The number of aryl methyl sites for hydroxylation is 1. The molecule has 8 heteroatoms. The summed E-state index contributed by atoms with van der Waals surface area (Å²) in [5.74, 6) is -1.14. The third kappa shape index (κ3) is 4.23. The van der Waals surface area contributed by atoms with Crippen molar-refractivity contribution in [1.29, 1.82) is 0 Å². The summed E-state index contributed by atoms with van der Waals surface area (Å²) in [6.07, 6.45) is 0. The third-order valence-electron chi connectivity index (χ3n) is 3.20. The molecule has 2 aromatic rings. The van der Waals surface area contributed by atoms with Gasteiger partial charge in [0.2, 0.25) is 0 Å². The monoisotopic (exact) mass is 340 g/mol. The first-order valence-corrected chi connectivity index (χ1v) is 7.10. The predicted octanol–water partition coefficient (Wildman–Crippen LogP) is 3.38. The molecular formula is C16H18F2N2O4. The fraction of sp³-hybridized carbons (Fsp3) is 0.312. The van der Waals surface area contributed by atoms with Gasteiger partial charge in [0.15, 0.2) is 17.4 Å². The van der Waals surface area contributed by atoms with Gasteiger partial charge in [-0.15, -0.1) is 0 Å². The molecule has 0 unspecified atom stereocenters. The molecule has 1 aromatic heterocycles. The van der Waals surface area contributed by atoms with Crippen LogP contribution in [0.1, 0.15) is 17.6 Å². The van der Waals surface area contributed by atoms with Crippen LogP contribution in [0.15, 0.2) is 28.7 Å². The van der Waals surface area contributed by atoms with Gasteiger partial charge < -0.3 is 24.5 Å². The predicted molar refractivity (Wildman–Crippen MR) is 83.1 cm³/mol. The molecule has 1 aromatic carbocycles. The summed E-state index contributed by atoms with van der Waals surface area (Å²) in [6, 6.07) is 4.19. The van der Waals surface area contributed by atoms with Crippen LogP contribution in [-0.4, -0.2) is 26.9 Å². The smallest absolute Gasteiger partial charge is 0.319 e. The number of nitrogens with one attached hydrogen (secondary N) is 2. The summed E-state index contributed by atoms with van der Waals surface area (Å²) in [5, 5.41) is 4.98. The number of anilines is 1. The number of amides is 2. The Morgan fingerprint density at radius 1 is 1.25 bits per heavy atom. The fourth-order valence-electron chi connectivity index (χ4n) is 2.15. The quantitative estimate of drug-likeness (QED) is 0.845. The van der Waals surface area contributed by atoms with Crippen molar-refractivity contribution in [3.8, 4) is 5.75 Å². The summed E-state index contributed by atoms with van der Waals surface area (Å²) >= 11 is 0. The van der Waals surface area contributed by atoms with Crippen molar-refractivity contribution in [3.05, 3.63) is 47.4 Å². The molecular weight excluding hydrogens is 322 g/mol. The van der Waals surface area contributed by atoms with E-state index in [2.05, 4.69) is 15.4 Å². The molecule has 0 fully saturated rings. The van der Waals surface area contributed by atoms with E-state index in [4.69, 9.17) is 9.15 Å². The fourth-order valence-corrected chi connectivity index (χ4v) is 2.15. The third-order valence-corrected chi connectivity index (χ3v) is 3.20. The molecule has 2 rings (SSSR count). The van der Waals surface area contributed by atoms with E-state index in [1.807, 2.05) is 0 Å². The molecule has 0 radical (unpaired) electrons. The normalized spacial score (nSPS) is 11.9. The summed E-state index contributed by atoms with van der Waals surface area (Å²) in [7, 11) is 2.64. The Kier molecular flexibility index (Phi) is 5.75. The molecule has 24 heavy (non-hydrogen) atoms. The highest BCUT2D eigenvalue weighted by molar-refractivity contribution is 5.89. The zero-order valence-corrected chi connectivity index (χ0v) is 13.5. The van der Waals surface area contributed by atoms with Crippen molar-refractivity contribution in [2.75, 3.05) is 26.1 Å². The number of hydrogen-bond acceptors (Lipinski definition) is 4. The largest absolute Gasteiger partial charge is 0.491 e. The van der Waals surface area contributed by atoms with Gasteiger partial charge in [-0.25, -0.2) is 13.6 Å². The maximum atomic E-state index is 13.6. The number of carbonyl (C=O) groups is 1. The lowest BCUT2D eigenvalue weighted by Crippen LogP contribution is -2.34. The Morgan fingerprint density at radius 2 is 1.92 bits per heavy atom. The van der Waals surface area contributed by atoms with Gasteiger partial charge in [0.1, 0.15) is 17.6 Å². The van der Waals surface area contributed by atoms with Crippen LogP contribution in [0.3, 0.4) is 0 Å². The number of rotatable bonds is 6. The highest BCUT2D eigenvalue weighted by atomic mass is 19.1. The van der Waals surface area contributed by atoms with Gasteiger partial charge in [0.05, 0.1) is 13.7 Å². The van der Waals surface area contributed by atoms with Crippen molar-refractivity contribution in [2.45, 2.75) is 13.0 Å². The Balaban J connectivity index is 2.08. The van der Waals surface area contributed by atoms with Crippen LogP contribution in [-0.2, 0) is 4.74 Å². The van der Waals surface area contributed by atoms with E-state index in [1.54, 1.807) is 19.1 Å². The molecule has 6 nitrogen and oxygen atoms in total. The van der Waals surface area contributed by atoms with E-state index in [0.29, 0.717) is 11.5 Å². The summed E-state index contributed by atoms with van der Waals surface area (Å²) in [6.45, 7) is 1.95. The summed E-state index contributed by atoms with van der Waals surface area (Å²) in [4.78, 5) is 12.1. The van der Waals surface area contributed by atoms with Gasteiger partial charge >= 0.3 is 6.03 Å². The lowest BCUT2D eigenvalue weighted by atomic mass is 10.2. The number of benzene rings is 1. The highest BCUT2D eigenvalue weighted by Crippen LogP contribution is 2.25. The van der Waals surface area contributed by atoms with Gasteiger partial charge in [-0.1, -0.05) is 0 Å². The van der Waals surface area contributed by atoms with Crippen molar-refractivity contribution >= 4 is 11.7 Å². The molecule has 1 heterocycles. The second-order valence-electron chi connectivity index (χ2n) is 5.03. The minimum absolute atomic E-state index is 0.0462. The SMILES string of the molecule is COC[C@H](NC(=O)Nc1cc(F)c(OC)c(F)c1)c1ccc(C)o1. The van der Waals surface area contributed by atoms with Gasteiger partial charge in [0.25, 0.3) is 0 Å². The molecule has 2 N–H and O–H groups in total. The van der Waals surface area contributed by atoms with Gasteiger partial charge in [0, 0.05) is 24.9 Å². The maximum absolute atomic E-state index is 13.6. The van der Waals surface area contributed by atoms with E-state index in [9.17, 15) is 13.6 Å². The molecule has 1 atom stereocenters. The lowest BCUT2D eigenvalue weighted by Gasteiger charge is -2.16. The number of hydrogen-bond donors (Lipinski definition) is 2. The minimum Gasteiger partial charge on any atom is -0.491 e. The van der Waals surface area contributed by atoms with Gasteiger partial charge in [-0.3, -0.25) is 0 Å². The van der Waals surface area contributed by atoms with Crippen molar-refractivity contribution < 1.29 is 27.5 Å². The van der Waals surface area contributed by atoms with Crippen LogP contribution in [0.5, 0.6) is 5.75 Å². The molecule has 0 aliphatic rings. The Labute approximate surface area is 137 Å². The first kappa shape index (κ1) is 17.7. The average molecular weight is 340 g/mol. The molecule has 2 amide bonds. The van der Waals surface area contributed by atoms with Crippen LogP contribution < -0.4 is 15.4 Å². The molecule has 0 saturated heterocycles. The Morgan fingerprint density at radius 3 is 2.42 bits per heavy atom. The molecule has 0 saturated carbocycles. The summed E-state index contributed by atoms with van der Waals surface area (Å²) < 4.78 is 42.4. The molecule has 130 valence electrons. The number of carbonyl (C=O) groups excluding carboxylic acids is 1. The Bertz CT molecular complexity index is 695. The molecule has 0 spiro atoms. The zero-order chi connectivity index (χ0) is 17.7. The van der Waals surface area contributed by atoms with E-state index in [1.165, 1.54) is 7.11 Å². The second kappa shape index (κ2) is 7.78. The average Bonchev–Trinajstić information content (AvgIpc) is 2.93. The van der Waals surface area contributed by atoms with Crippen LogP contribution >= 0.6 is 0 Å². The number of urea groups is 1. The Hall–Kier alpha value is -2.61. The lowest BCUT2D eigenvalue weighted by molar-refractivity contribution is 0.158. The molecule has 0 aliphatic carbocycles. The van der Waals surface area contributed by atoms with Crippen molar-refractivity contribution in [2.24, 2.45) is 0 Å². The zero-order valence-electron chi connectivity index (χ0n) is 13.5. The first-order valence-electron chi connectivity index (χ1n) is 7.10. The molecule has 0 aliphatic heterocycles. The van der Waals surface area contributed by atoms with Crippen molar-refractivity contribution in [3.63, 3.8) is 0 Å². The number of furan rings is 1. The van der Waals surface area contributed by atoms with E-state index >= 15 is 0 Å². The highest BCUT2D eigenvalue weighted by Gasteiger charge is 2.19. The van der Waals surface area contributed by atoms with Gasteiger partial charge in [-0.05, 0) is 19.1 Å². The van der Waals surface area contributed by atoms with E-state index < -0.39 is 29.5 Å². The summed E-state index contributed by atoms with van der Waals surface area (Å²) in [5.41, 5.74) is -0.0462. The van der Waals surface area contributed by atoms with Crippen molar-refractivity contribution in [1.82, 2.24) is 5.32 Å². The van der Waals surface area contributed by atoms with E-state index in [-0.39, 0.29) is 12.3 Å². The second-order valence-corrected chi connectivity index (χ2v) is 5.03. The minimum atomic E-state index is -0.914. The topological polar surface area (TPSA) is 72.7 Å². The van der Waals surface area contributed by atoms with Crippen LogP contribution in [0.4, 0.5) is 19.3 Å². The number of ether oxygens (including phenoxy) is 2.